The van der Waals surface area contributed by atoms with E-state index in [2.05, 4.69) is 78.4 Å². The molecule has 4 aromatic rings. The van der Waals surface area contributed by atoms with E-state index in [9.17, 15) is 0 Å². The Morgan fingerprint density at radius 3 is 2.30 bits per heavy atom. The third kappa shape index (κ3) is 4.37. The van der Waals surface area contributed by atoms with Crippen molar-refractivity contribution in [2.24, 2.45) is 5.92 Å². The summed E-state index contributed by atoms with van der Waals surface area (Å²) in [4.78, 5) is 16.5. The van der Waals surface area contributed by atoms with Gasteiger partial charge in [0.15, 0.2) is 0 Å². The molecule has 33 heavy (non-hydrogen) atoms. The molecule has 5 rings (SSSR count). The lowest BCUT2D eigenvalue weighted by Crippen LogP contribution is -2.29. The summed E-state index contributed by atoms with van der Waals surface area (Å²) in [5.41, 5.74) is 9.77. The fourth-order valence-electron chi connectivity index (χ4n) is 5.10. The molecule has 3 aromatic heterocycles. The van der Waals surface area contributed by atoms with Gasteiger partial charge < -0.3 is 9.47 Å². The molecule has 0 unspecified atom stereocenters. The van der Waals surface area contributed by atoms with E-state index in [0.29, 0.717) is 0 Å². The highest BCUT2D eigenvalue weighted by atomic mass is 15.2. The summed E-state index contributed by atoms with van der Waals surface area (Å²) in [5, 5.41) is 1.26. The Hall–Kier alpha value is -3.21. The predicted octanol–water partition coefficient (Wildman–Crippen LogP) is 5.82. The first kappa shape index (κ1) is 21.6. The molecule has 1 aromatic carbocycles. The first-order valence-electron chi connectivity index (χ1n) is 12.0. The van der Waals surface area contributed by atoms with Crippen LogP contribution in [0.25, 0.3) is 16.7 Å². The zero-order valence-corrected chi connectivity index (χ0v) is 20.4. The van der Waals surface area contributed by atoms with Gasteiger partial charge in [-0.2, -0.15) is 0 Å². The Labute approximate surface area is 196 Å². The molecule has 170 valence electrons. The largest absolute Gasteiger partial charge is 0.370 e. The highest BCUT2D eigenvalue weighted by molar-refractivity contribution is 5.95. The lowest BCUT2D eigenvalue weighted by Gasteiger charge is -2.26. The van der Waals surface area contributed by atoms with Crippen LogP contribution in [0.5, 0.6) is 0 Å². The van der Waals surface area contributed by atoms with Crippen LogP contribution < -0.4 is 4.90 Å². The van der Waals surface area contributed by atoms with Crippen molar-refractivity contribution in [2.45, 2.75) is 53.9 Å². The van der Waals surface area contributed by atoms with Crippen LogP contribution in [0.1, 0.15) is 46.6 Å². The summed E-state index contributed by atoms with van der Waals surface area (Å²) >= 11 is 0. The zero-order valence-electron chi connectivity index (χ0n) is 20.4. The molecule has 0 N–H and O–H groups in total. The smallest absolute Gasteiger partial charge is 0.147 e. The normalized spacial score (nSPS) is 13.6. The maximum absolute atomic E-state index is 5.05. The minimum atomic E-state index is 0.786. The van der Waals surface area contributed by atoms with Crippen molar-refractivity contribution in [3.05, 3.63) is 76.6 Å². The lowest BCUT2D eigenvalue weighted by molar-refractivity contribution is 0.704. The number of pyridine rings is 1. The van der Waals surface area contributed by atoms with Gasteiger partial charge in [0.25, 0.3) is 0 Å². The minimum Gasteiger partial charge on any atom is -0.370 e. The van der Waals surface area contributed by atoms with Crippen molar-refractivity contribution >= 4 is 16.7 Å². The summed E-state index contributed by atoms with van der Waals surface area (Å²) in [6.07, 6.45) is 9.42. The van der Waals surface area contributed by atoms with Crippen LogP contribution in [0, 0.1) is 40.5 Å². The van der Waals surface area contributed by atoms with E-state index in [1.54, 1.807) is 0 Å². The van der Waals surface area contributed by atoms with Gasteiger partial charge in [-0.3, -0.25) is 0 Å². The van der Waals surface area contributed by atoms with Crippen LogP contribution in [0.15, 0.2) is 42.9 Å². The maximum atomic E-state index is 5.05. The molecule has 1 aliphatic carbocycles. The fraction of sp³-hybridized carbons (Fsp3) is 0.393. The van der Waals surface area contributed by atoms with Gasteiger partial charge in [-0.15, -0.1) is 0 Å². The molecule has 1 aliphatic rings. The van der Waals surface area contributed by atoms with Gasteiger partial charge in [0.2, 0.25) is 0 Å². The number of fused-ring (bicyclic) bond motifs is 1. The molecular formula is C28H33N5. The summed E-state index contributed by atoms with van der Waals surface area (Å²) in [5.74, 6) is 1.69. The number of hydrogen-bond donors (Lipinski definition) is 0. The van der Waals surface area contributed by atoms with Crippen LogP contribution in [-0.2, 0) is 6.42 Å². The van der Waals surface area contributed by atoms with Gasteiger partial charge in [0.1, 0.15) is 11.5 Å². The van der Waals surface area contributed by atoms with Crippen molar-refractivity contribution in [3.8, 4) is 5.69 Å². The van der Waals surface area contributed by atoms with E-state index in [1.807, 2.05) is 18.5 Å². The van der Waals surface area contributed by atoms with Gasteiger partial charge in [0, 0.05) is 54.9 Å². The molecule has 0 radical (unpaired) electrons. The van der Waals surface area contributed by atoms with Crippen LogP contribution in [0.4, 0.5) is 5.69 Å². The Morgan fingerprint density at radius 1 is 0.939 bits per heavy atom. The number of nitrogens with zero attached hydrogens (tertiary/aromatic N) is 5. The number of benzene rings is 1. The second kappa shape index (κ2) is 8.62. The highest BCUT2D eigenvalue weighted by Gasteiger charge is 2.27. The Balaban J connectivity index is 1.62. The molecule has 5 heteroatoms. The number of aromatic nitrogens is 4. The van der Waals surface area contributed by atoms with Gasteiger partial charge in [-0.25, -0.2) is 15.0 Å². The average Bonchev–Trinajstić information content (AvgIpc) is 3.53. The van der Waals surface area contributed by atoms with Crippen molar-refractivity contribution < 1.29 is 0 Å². The van der Waals surface area contributed by atoms with Crippen LogP contribution in [-0.4, -0.2) is 32.6 Å². The second-order valence-electron chi connectivity index (χ2n) is 9.72. The van der Waals surface area contributed by atoms with E-state index in [-0.39, 0.29) is 0 Å². The second-order valence-corrected chi connectivity index (χ2v) is 9.72. The Bertz CT molecular complexity index is 1280. The molecule has 0 amide bonds. The van der Waals surface area contributed by atoms with Crippen LogP contribution in [0.2, 0.25) is 0 Å². The van der Waals surface area contributed by atoms with Crippen molar-refractivity contribution in [3.63, 3.8) is 0 Å². The monoisotopic (exact) mass is 439 g/mol. The van der Waals surface area contributed by atoms with E-state index in [1.165, 1.54) is 51.9 Å². The van der Waals surface area contributed by atoms with E-state index in [4.69, 9.17) is 4.98 Å². The quantitative estimate of drug-likeness (QED) is 0.364. The predicted molar refractivity (Wildman–Crippen MR) is 135 cm³/mol. The van der Waals surface area contributed by atoms with Crippen molar-refractivity contribution in [1.82, 2.24) is 19.5 Å². The number of anilines is 1. The van der Waals surface area contributed by atoms with Crippen LogP contribution in [0.3, 0.4) is 0 Å². The molecule has 1 fully saturated rings. The third-order valence-electron chi connectivity index (χ3n) is 6.67. The summed E-state index contributed by atoms with van der Waals surface area (Å²) in [7, 11) is 0. The molecule has 0 bridgehead atoms. The molecule has 0 saturated heterocycles. The Kier molecular flexibility index (Phi) is 5.65. The van der Waals surface area contributed by atoms with Crippen molar-refractivity contribution in [1.29, 1.82) is 0 Å². The highest BCUT2D eigenvalue weighted by Crippen LogP contribution is 2.37. The molecule has 0 spiro atoms. The average molecular weight is 440 g/mol. The van der Waals surface area contributed by atoms with Gasteiger partial charge in [-0.05, 0) is 82.2 Å². The third-order valence-corrected chi connectivity index (χ3v) is 6.67. The zero-order chi connectivity index (χ0) is 23.1. The first-order valence-corrected chi connectivity index (χ1v) is 12.0. The van der Waals surface area contributed by atoms with E-state index < -0.39 is 0 Å². The van der Waals surface area contributed by atoms with Crippen molar-refractivity contribution in [2.75, 3.05) is 18.0 Å². The molecule has 5 nitrogen and oxygen atoms in total. The van der Waals surface area contributed by atoms with Crippen LogP contribution >= 0.6 is 0 Å². The summed E-state index contributed by atoms with van der Waals surface area (Å²) < 4.78 is 2.31. The number of rotatable bonds is 7. The standard InChI is InChI=1S/C28H33N5/c1-18-13-19(2)27(20(3)14-18)33-16-21(4)26-24(15-22(5)31-28(26)33)32(17-23-7-8-23)12-9-25-29-10-6-11-30-25/h6,10-11,13-16,23H,7-9,12,17H2,1-5H3. The SMILES string of the molecule is Cc1cc(C)c(-n2cc(C)c3c(N(CCc4ncccn4)CC4CC4)cc(C)nc32)c(C)c1. The number of hydrogen-bond acceptors (Lipinski definition) is 4. The molecular weight excluding hydrogens is 406 g/mol. The van der Waals surface area contributed by atoms with E-state index in [0.717, 1.165) is 42.6 Å². The van der Waals surface area contributed by atoms with Gasteiger partial charge in [-0.1, -0.05) is 17.7 Å². The van der Waals surface area contributed by atoms with Gasteiger partial charge >= 0.3 is 0 Å². The molecule has 1 saturated carbocycles. The topological polar surface area (TPSA) is 46.8 Å². The minimum absolute atomic E-state index is 0.786. The first-order chi connectivity index (χ1) is 15.9. The molecule has 0 aliphatic heterocycles. The lowest BCUT2D eigenvalue weighted by atomic mass is 10.0. The molecule has 0 atom stereocenters. The summed E-state index contributed by atoms with van der Waals surface area (Å²) in [6.45, 7) is 12.9. The van der Waals surface area contributed by atoms with E-state index >= 15 is 0 Å². The van der Waals surface area contributed by atoms with Gasteiger partial charge in [0.05, 0.1) is 5.69 Å². The molecule has 3 heterocycles. The summed E-state index contributed by atoms with van der Waals surface area (Å²) in [6, 6.07) is 8.67. The number of aryl methyl sites for hydroxylation is 5. The Morgan fingerprint density at radius 2 is 1.64 bits per heavy atom. The maximum Gasteiger partial charge on any atom is 0.147 e. The fourth-order valence-corrected chi connectivity index (χ4v) is 5.10.